The van der Waals surface area contributed by atoms with Crippen molar-refractivity contribution in [3.05, 3.63) is 0 Å². The molecular weight excluding hydrogens is 216 g/mol. The summed E-state index contributed by atoms with van der Waals surface area (Å²) >= 11 is 0. The van der Waals surface area contributed by atoms with Crippen LogP contribution in [-0.4, -0.2) is 60.4 Å². The lowest BCUT2D eigenvalue weighted by molar-refractivity contribution is -0.365. The topological polar surface area (TPSA) is 77.4 Å². The van der Waals surface area contributed by atoms with Crippen molar-refractivity contribution in [2.45, 2.75) is 36.6 Å². The third-order valence-corrected chi connectivity index (χ3v) is 3.28. The van der Waals surface area contributed by atoms with Crippen LogP contribution in [0.25, 0.3) is 0 Å². The van der Waals surface area contributed by atoms with Crippen LogP contribution in [0.2, 0.25) is 0 Å². The van der Waals surface area contributed by atoms with Crippen molar-refractivity contribution in [3.8, 4) is 0 Å². The largest absolute Gasteiger partial charge is 0.391 e. The lowest BCUT2D eigenvalue weighted by atomic mass is 10.1. The molecule has 0 aromatic rings. The van der Waals surface area contributed by atoms with E-state index < -0.39 is 23.8 Å². The molecule has 6 heteroatoms. The first-order chi connectivity index (χ1) is 7.62. The van der Waals surface area contributed by atoms with Crippen molar-refractivity contribution in [2.75, 3.05) is 26.4 Å². The molecular formula is C10H16O6. The number of hydrogen-bond acceptors (Lipinski definition) is 6. The van der Waals surface area contributed by atoms with Gasteiger partial charge >= 0.3 is 0 Å². The maximum absolute atomic E-state index is 9.41. The van der Waals surface area contributed by atoms with E-state index in [2.05, 4.69) is 0 Å². The summed E-state index contributed by atoms with van der Waals surface area (Å²) in [5.41, 5.74) is 0. The maximum atomic E-state index is 9.41. The van der Waals surface area contributed by atoms with Gasteiger partial charge in [-0.15, -0.1) is 0 Å². The molecule has 3 aliphatic rings. The Hall–Kier alpha value is -0.240. The van der Waals surface area contributed by atoms with Gasteiger partial charge in [0, 0.05) is 12.8 Å². The normalized spacial score (nSPS) is 52.9. The van der Waals surface area contributed by atoms with Crippen molar-refractivity contribution in [2.24, 2.45) is 0 Å². The highest BCUT2D eigenvalue weighted by atomic mass is 16.8. The monoisotopic (exact) mass is 232 g/mol. The zero-order chi connectivity index (χ0) is 11.2. The van der Waals surface area contributed by atoms with Gasteiger partial charge in [-0.3, -0.25) is 0 Å². The lowest BCUT2D eigenvalue weighted by Gasteiger charge is -2.41. The minimum absolute atomic E-state index is 0.233. The first-order valence-electron chi connectivity index (χ1n) is 5.53. The fourth-order valence-corrected chi connectivity index (χ4v) is 2.42. The van der Waals surface area contributed by atoms with E-state index in [4.69, 9.17) is 18.9 Å². The van der Waals surface area contributed by atoms with E-state index in [1.54, 1.807) is 0 Å². The molecule has 92 valence electrons. The van der Waals surface area contributed by atoms with Gasteiger partial charge in [-0.05, 0) is 0 Å². The molecule has 0 aromatic heterocycles. The van der Waals surface area contributed by atoms with Gasteiger partial charge in [-0.2, -0.15) is 0 Å². The van der Waals surface area contributed by atoms with Gasteiger partial charge in [0.05, 0.1) is 25.4 Å². The smallest absolute Gasteiger partial charge is 0.194 e. The van der Waals surface area contributed by atoms with Crippen LogP contribution in [0.4, 0.5) is 0 Å². The summed E-state index contributed by atoms with van der Waals surface area (Å²) in [6.07, 6.45) is -0.141. The quantitative estimate of drug-likeness (QED) is 0.557. The van der Waals surface area contributed by atoms with Crippen LogP contribution in [0.3, 0.4) is 0 Å². The molecule has 16 heavy (non-hydrogen) atoms. The number of hydrogen-bond donors (Lipinski definition) is 2. The first-order valence-corrected chi connectivity index (χ1v) is 5.53. The van der Waals surface area contributed by atoms with Crippen LogP contribution in [0.5, 0.6) is 0 Å². The molecule has 0 radical (unpaired) electrons. The first kappa shape index (κ1) is 10.9. The minimum Gasteiger partial charge on any atom is -0.391 e. The van der Waals surface area contributed by atoms with E-state index >= 15 is 0 Å². The van der Waals surface area contributed by atoms with Crippen molar-refractivity contribution in [1.82, 2.24) is 0 Å². The highest BCUT2D eigenvalue weighted by Gasteiger charge is 2.52. The number of ether oxygens (including phenoxy) is 4. The van der Waals surface area contributed by atoms with Crippen LogP contribution in [0.15, 0.2) is 0 Å². The van der Waals surface area contributed by atoms with E-state index in [0.29, 0.717) is 12.8 Å². The van der Waals surface area contributed by atoms with E-state index in [0.717, 1.165) is 0 Å². The molecule has 0 amide bonds. The van der Waals surface area contributed by atoms with Gasteiger partial charge in [-0.25, -0.2) is 0 Å². The Morgan fingerprint density at radius 3 is 1.44 bits per heavy atom. The van der Waals surface area contributed by atoms with Gasteiger partial charge < -0.3 is 29.2 Å². The summed E-state index contributed by atoms with van der Waals surface area (Å²) in [5, 5.41) is 18.8. The molecule has 4 unspecified atom stereocenters. The average Bonchev–Trinajstić information content (AvgIpc) is 2.79. The molecule has 6 nitrogen and oxygen atoms in total. The lowest BCUT2D eigenvalue weighted by Crippen LogP contribution is -2.53. The molecule has 0 bridgehead atoms. The minimum atomic E-state index is -0.818. The second-order valence-corrected chi connectivity index (χ2v) is 4.74. The number of aliphatic hydroxyl groups is 2. The summed E-state index contributed by atoms with van der Waals surface area (Å²) in [6, 6.07) is 0. The second kappa shape index (κ2) is 3.63. The van der Waals surface area contributed by atoms with Crippen LogP contribution >= 0.6 is 0 Å². The molecule has 0 aromatic carbocycles. The van der Waals surface area contributed by atoms with Gasteiger partial charge in [0.1, 0.15) is 13.2 Å². The Balaban J connectivity index is 1.64. The Morgan fingerprint density at radius 2 is 1.19 bits per heavy atom. The maximum Gasteiger partial charge on any atom is 0.194 e. The molecule has 0 aliphatic carbocycles. The molecule has 3 heterocycles. The summed E-state index contributed by atoms with van der Waals surface area (Å²) in [4.78, 5) is 0. The molecule has 3 aliphatic heterocycles. The van der Waals surface area contributed by atoms with Crippen LogP contribution in [0, 0.1) is 0 Å². The van der Waals surface area contributed by atoms with Crippen molar-refractivity contribution in [3.63, 3.8) is 0 Å². The summed E-state index contributed by atoms with van der Waals surface area (Å²) in [7, 11) is 0. The van der Waals surface area contributed by atoms with E-state index in [1.807, 2.05) is 0 Å². The van der Waals surface area contributed by atoms with Crippen molar-refractivity contribution >= 4 is 0 Å². The molecule has 3 saturated heterocycles. The molecule has 3 rings (SSSR count). The van der Waals surface area contributed by atoms with Crippen LogP contribution < -0.4 is 0 Å². The number of aliphatic hydroxyl groups excluding tert-OH is 2. The Morgan fingerprint density at radius 1 is 0.750 bits per heavy atom. The van der Waals surface area contributed by atoms with Crippen molar-refractivity contribution < 1.29 is 29.2 Å². The third-order valence-electron chi connectivity index (χ3n) is 3.28. The predicted molar refractivity (Wildman–Crippen MR) is 50.5 cm³/mol. The van der Waals surface area contributed by atoms with Gasteiger partial charge in [0.2, 0.25) is 0 Å². The average molecular weight is 232 g/mol. The fourth-order valence-electron chi connectivity index (χ4n) is 2.42. The summed E-state index contributed by atoms with van der Waals surface area (Å²) in [5.74, 6) is -1.64. The molecule has 4 atom stereocenters. The Bertz CT molecular complexity index is 244. The van der Waals surface area contributed by atoms with Gasteiger partial charge in [-0.1, -0.05) is 0 Å². The molecule has 3 fully saturated rings. The fraction of sp³-hybridized carbons (Fsp3) is 1.00. The van der Waals surface area contributed by atoms with E-state index in [9.17, 15) is 10.2 Å². The molecule has 0 saturated carbocycles. The van der Waals surface area contributed by atoms with E-state index in [-0.39, 0.29) is 26.4 Å². The van der Waals surface area contributed by atoms with Gasteiger partial charge in [0.15, 0.2) is 11.6 Å². The Labute approximate surface area is 93.0 Å². The number of rotatable bonds is 0. The third kappa shape index (κ3) is 1.75. The molecule has 2 spiro atoms. The van der Waals surface area contributed by atoms with Gasteiger partial charge in [0.25, 0.3) is 0 Å². The standard InChI is InChI=1S/C10H16O6/c11-7-1-9(13-3-7)5-16-10(6-15-9)2-8(12)4-14-10/h7-8,11-12H,1-6H2. The van der Waals surface area contributed by atoms with Crippen LogP contribution in [-0.2, 0) is 18.9 Å². The summed E-state index contributed by atoms with van der Waals surface area (Å²) in [6.45, 7) is 1.02. The molecule has 2 N–H and O–H groups in total. The SMILES string of the molecule is OC1COC2(COC3(CO2)CC(O)CO3)C1. The Kier molecular flexibility index (Phi) is 2.47. The predicted octanol–water partition coefficient (Wildman–Crippen LogP) is -1.01. The van der Waals surface area contributed by atoms with Crippen LogP contribution in [0.1, 0.15) is 12.8 Å². The van der Waals surface area contributed by atoms with Crippen molar-refractivity contribution in [1.29, 1.82) is 0 Å². The highest BCUT2D eigenvalue weighted by Crippen LogP contribution is 2.38. The zero-order valence-electron chi connectivity index (χ0n) is 8.92. The van der Waals surface area contributed by atoms with E-state index in [1.165, 1.54) is 0 Å². The second-order valence-electron chi connectivity index (χ2n) is 4.74. The zero-order valence-corrected chi connectivity index (χ0v) is 8.92. The summed E-state index contributed by atoms with van der Waals surface area (Å²) < 4.78 is 22.1. The highest BCUT2D eigenvalue weighted by molar-refractivity contribution is 4.90.